The van der Waals surface area contributed by atoms with E-state index in [1.165, 1.54) is 28.6 Å². The Morgan fingerprint density at radius 3 is 1.44 bits per heavy atom. The van der Waals surface area contributed by atoms with E-state index in [1.54, 1.807) is 43.3 Å². The second-order valence-corrected chi connectivity index (χ2v) is 13.6. The predicted molar refractivity (Wildman–Crippen MR) is 205 cm³/mol. The number of aromatic nitrogens is 4. The maximum Gasteiger partial charge on any atom is 1.00 e. The first kappa shape index (κ1) is 39.8. The number of carboxylic acids is 1. The molecule has 0 fully saturated rings. The molecule has 0 radical (unpaired) electrons. The SMILES string of the molecule is CCOC(=O)c1ccc(-c2nsc(-c3cc4c(C)ccc(C)c4o3)n2)cc1.Cc1ccc(C)c2oc(-c3nc(-c4ccc(C(=O)O)cc4)ns3)cc12.[Li+].[OH-]. The molecule has 4 heterocycles. The van der Waals surface area contributed by atoms with Gasteiger partial charge in [0, 0.05) is 21.9 Å². The van der Waals surface area contributed by atoms with Gasteiger partial charge in [0.15, 0.2) is 33.2 Å². The Morgan fingerprint density at radius 1 is 0.648 bits per heavy atom. The van der Waals surface area contributed by atoms with Gasteiger partial charge in [0.25, 0.3) is 0 Å². The van der Waals surface area contributed by atoms with Crippen molar-refractivity contribution in [2.24, 2.45) is 0 Å². The van der Waals surface area contributed by atoms with Gasteiger partial charge in [-0.15, -0.1) is 0 Å². The molecule has 4 aromatic heterocycles. The molecule has 0 amide bonds. The van der Waals surface area contributed by atoms with Gasteiger partial charge in [-0.05, 0) is 116 Å². The average molecular weight is 753 g/mol. The van der Waals surface area contributed by atoms with E-state index in [4.69, 9.17) is 18.7 Å². The van der Waals surface area contributed by atoms with E-state index in [1.807, 2.05) is 44.2 Å². The van der Waals surface area contributed by atoms with Crippen molar-refractivity contribution in [1.82, 2.24) is 18.7 Å². The fraction of sp³-hybridized carbons (Fsp3) is 0.150. The van der Waals surface area contributed by atoms with Crippen LogP contribution in [0.15, 0.2) is 93.8 Å². The summed E-state index contributed by atoms with van der Waals surface area (Å²) in [6.07, 6.45) is 0. The van der Waals surface area contributed by atoms with E-state index < -0.39 is 5.97 Å². The van der Waals surface area contributed by atoms with Crippen LogP contribution in [0.1, 0.15) is 49.9 Å². The topological polar surface area (TPSA) is 171 Å². The first-order valence-electron chi connectivity index (χ1n) is 16.4. The number of aryl methyl sites for hydroxylation is 4. The third-order valence-electron chi connectivity index (χ3n) is 8.51. The minimum atomic E-state index is -0.952. The normalized spacial score (nSPS) is 10.7. The van der Waals surface area contributed by atoms with Gasteiger partial charge < -0.3 is 24.2 Å². The van der Waals surface area contributed by atoms with E-state index >= 15 is 0 Å². The van der Waals surface area contributed by atoms with Gasteiger partial charge in [0.05, 0.1) is 17.7 Å². The molecule has 0 saturated heterocycles. The van der Waals surface area contributed by atoms with Gasteiger partial charge in [-0.3, -0.25) is 0 Å². The molecular formula is C40H33LiN4O7S2. The number of hydrogen-bond acceptors (Lipinski definition) is 12. The van der Waals surface area contributed by atoms with E-state index in [-0.39, 0.29) is 35.9 Å². The number of esters is 1. The quantitative estimate of drug-likeness (QED) is 0.129. The van der Waals surface area contributed by atoms with Crippen molar-refractivity contribution in [2.75, 3.05) is 6.61 Å². The number of furan rings is 2. The fourth-order valence-corrected chi connectivity index (χ4v) is 6.88. The zero-order valence-electron chi connectivity index (χ0n) is 30.3. The van der Waals surface area contributed by atoms with Crippen molar-refractivity contribution >= 4 is 56.9 Å². The number of rotatable bonds is 7. The largest absolute Gasteiger partial charge is 1.00 e. The van der Waals surface area contributed by atoms with Gasteiger partial charge in [-0.1, -0.05) is 48.5 Å². The minimum Gasteiger partial charge on any atom is -0.870 e. The van der Waals surface area contributed by atoms with Crippen LogP contribution >= 0.6 is 23.1 Å². The maximum atomic E-state index is 11.8. The number of aromatic carboxylic acids is 1. The van der Waals surface area contributed by atoms with Crippen LogP contribution in [0.5, 0.6) is 0 Å². The van der Waals surface area contributed by atoms with Gasteiger partial charge in [-0.2, -0.15) is 8.75 Å². The van der Waals surface area contributed by atoms with Crippen LogP contribution in [0.3, 0.4) is 0 Å². The number of nitrogens with zero attached hydrogens (tertiary/aromatic N) is 4. The zero-order valence-corrected chi connectivity index (χ0v) is 32.0. The number of ether oxygens (including phenoxy) is 1. The van der Waals surface area contributed by atoms with Crippen LogP contribution in [0.25, 0.3) is 66.2 Å². The monoisotopic (exact) mass is 752 g/mol. The van der Waals surface area contributed by atoms with Gasteiger partial charge in [0.1, 0.15) is 11.2 Å². The third-order valence-corrected chi connectivity index (χ3v) is 9.97. The molecule has 8 rings (SSSR count). The molecule has 268 valence electrons. The molecule has 0 bridgehead atoms. The van der Waals surface area contributed by atoms with Gasteiger partial charge in [-0.25, -0.2) is 19.6 Å². The molecule has 0 atom stereocenters. The summed E-state index contributed by atoms with van der Waals surface area (Å²) in [5, 5.41) is 12.6. The molecule has 0 aliphatic heterocycles. The van der Waals surface area contributed by atoms with Crippen molar-refractivity contribution < 1.29 is 52.6 Å². The van der Waals surface area contributed by atoms with Crippen molar-refractivity contribution in [1.29, 1.82) is 0 Å². The van der Waals surface area contributed by atoms with Crippen molar-refractivity contribution in [3.63, 3.8) is 0 Å². The van der Waals surface area contributed by atoms with Crippen LogP contribution in [-0.2, 0) is 4.74 Å². The molecular weight excluding hydrogens is 720 g/mol. The first-order valence-corrected chi connectivity index (χ1v) is 17.9. The molecule has 11 nitrogen and oxygen atoms in total. The Hall–Kier alpha value is -5.42. The predicted octanol–water partition coefficient (Wildman–Crippen LogP) is 7.17. The molecule has 14 heteroatoms. The van der Waals surface area contributed by atoms with E-state index in [9.17, 15) is 9.59 Å². The Morgan fingerprint density at radius 2 is 1.06 bits per heavy atom. The Bertz CT molecular complexity index is 2510. The molecule has 8 aromatic rings. The number of carbonyl (C=O) groups excluding carboxylic acids is 1. The third kappa shape index (κ3) is 8.06. The van der Waals surface area contributed by atoms with E-state index in [0.29, 0.717) is 40.3 Å². The van der Waals surface area contributed by atoms with E-state index in [0.717, 1.165) is 54.8 Å². The molecule has 0 spiro atoms. The standard InChI is InChI=1S/C21H18N2O3S.C19H14N2O3S.Li.H2O/c1-4-25-21(24)15-9-7-14(8-10-15)19-22-20(27-23-19)17-11-16-12(2)5-6-13(3)18(16)26-17;1-10-3-4-11(2)16-14(10)9-15(24-16)18-20-17(21-25-18)12-5-7-13(8-6-12)19(22)23;;/h5-11H,4H2,1-3H3;3-9H,1-2H3,(H,22,23);;1H2/q;;+1;/p-1. The Balaban J connectivity index is 0.000000201. The summed E-state index contributed by atoms with van der Waals surface area (Å²) < 4.78 is 25.9. The van der Waals surface area contributed by atoms with E-state index in [2.05, 4.69) is 50.8 Å². The van der Waals surface area contributed by atoms with Crippen molar-refractivity contribution in [3.8, 4) is 44.3 Å². The first-order chi connectivity index (χ1) is 25.1. The second kappa shape index (κ2) is 16.7. The molecule has 0 unspecified atom stereocenters. The smallest absolute Gasteiger partial charge is 0.870 e. The van der Waals surface area contributed by atoms with Crippen LogP contribution in [0, 0.1) is 27.7 Å². The number of fused-ring (bicyclic) bond motifs is 2. The average Bonchev–Trinajstić information content (AvgIpc) is 3.98. The molecule has 0 aliphatic rings. The number of carboxylic acid groups (broad SMARTS) is 1. The summed E-state index contributed by atoms with van der Waals surface area (Å²) in [5.74, 6) is 1.30. The summed E-state index contributed by atoms with van der Waals surface area (Å²) in [6, 6.07) is 25.9. The number of hydrogen-bond donors (Lipinski definition) is 1. The summed E-state index contributed by atoms with van der Waals surface area (Å²) in [5.41, 5.74) is 8.64. The van der Waals surface area contributed by atoms with Crippen LogP contribution in [0.4, 0.5) is 0 Å². The molecule has 4 aromatic carbocycles. The molecule has 2 N–H and O–H groups in total. The van der Waals surface area contributed by atoms with Gasteiger partial charge in [0.2, 0.25) is 0 Å². The zero-order chi connectivity index (χ0) is 36.5. The molecule has 0 saturated carbocycles. The Labute approximate surface area is 330 Å². The van der Waals surface area contributed by atoms with Crippen LogP contribution < -0.4 is 18.9 Å². The molecule has 54 heavy (non-hydrogen) atoms. The van der Waals surface area contributed by atoms with Crippen LogP contribution in [-0.4, -0.2) is 47.8 Å². The summed E-state index contributed by atoms with van der Waals surface area (Å²) in [7, 11) is 0. The molecule has 0 aliphatic carbocycles. The van der Waals surface area contributed by atoms with Crippen molar-refractivity contribution in [2.45, 2.75) is 34.6 Å². The summed E-state index contributed by atoms with van der Waals surface area (Å²) in [4.78, 5) is 31.9. The number of benzene rings is 4. The summed E-state index contributed by atoms with van der Waals surface area (Å²) in [6.45, 7) is 10.3. The second-order valence-electron chi connectivity index (χ2n) is 12.1. The van der Waals surface area contributed by atoms with Gasteiger partial charge >= 0.3 is 30.8 Å². The number of carbonyl (C=O) groups is 2. The van der Waals surface area contributed by atoms with Crippen molar-refractivity contribution in [3.05, 3.63) is 118 Å². The van der Waals surface area contributed by atoms with Crippen LogP contribution in [0.2, 0.25) is 0 Å². The summed E-state index contributed by atoms with van der Waals surface area (Å²) >= 11 is 2.56. The maximum absolute atomic E-state index is 11.8. The minimum absolute atomic E-state index is 0. The fourth-order valence-electron chi connectivity index (χ4n) is 5.61. The Kier molecular flexibility index (Phi) is 12.3.